The summed E-state index contributed by atoms with van der Waals surface area (Å²) in [6.45, 7) is 0. The molecule has 2 heterocycles. The predicted molar refractivity (Wildman–Crippen MR) is 66.8 cm³/mol. The second kappa shape index (κ2) is 15.4. The van der Waals surface area contributed by atoms with Crippen LogP contribution in [0.2, 0.25) is 0 Å². The fourth-order valence-electron chi connectivity index (χ4n) is 0.661. The van der Waals surface area contributed by atoms with E-state index >= 15 is 0 Å². The van der Waals surface area contributed by atoms with Gasteiger partial charge in [0.2, 0.25) is 0 Å². The molecular weight excluding hydrogens is 296 g/mol. The summed E-state index contributed by atoms with van der Waals surface area (Å²) in [6, 6.07) is 11.4. The summed E-state index contributed by atoms with van der Waals surface area (Å²) >= 11 is 0.547. The average molecular weight is 306 g/mol. The molecule has 0 amide bonds. The minimum absolute atomic E-state index is 0.547. The average Bonchev–Trinajstić information content (AvgIpc) is 2.53. The molecule has 0 spiro atoms. The molecule has 0 aromatic carbocycles. The summed E-state index contributed by atoms with van der Waals surface area (Å²) in [5.74, 6) is 0. The summed E-state index contributed by atoms with van der Waals surface area (Å²) in [6.07, 6.45) is 7.00. The largest absolute Gasteiger partial charge is 0.265 e. The van der Waals surface area contributed by atoms with Gasteiger partial charge in [-0.25, -0.2) is 0 Å². The molecule has 0 radical (unpaired) electrons. The van der Waals surface area contributed by atoms with Gasteiger partial charge in [-0.05, 0) is 24.3 Å². The van der Waals surface area contributed by atoms with E-state index in [1.165, 1.54) is 0 Å². The molecule has 0 N–H and O–H groups in total. The van der Waals surface area contributed by atoms with Crippen LogP contribution in [0.1, 0.15) is 0 Å². The molecule has 0 aliphatic heterocycles. The van der Waals surface area contributed by atoms with Crippen molar-refractivity contribution in [1.82, 2.24) is 9.97 Å². The minimum Gasteiger partial charge on any atom is -0.265 e. The molecule has 0 aliphatic carbocycles. The molecule has 8 nitrogen and oxygen atoms in total. The topological polar surface area (TPSA) is 123 Å². The van der Waals surface area contributed by atoms with Crippen LogP contribution in [-0.4, -0.2) is 9.97 Å². The van der Waals surface area contributed by atoms with Crippen molar-refractivity contribution >= 4 is 0 Å². The van der Waals surface area contributed by atoms with E-state index in [9.17, 15) is 0 Å². The third-order valence-corrected chi connectivity index (χ3v) is 1.58. The van der Waals surface area contributed by atoms with Crippen molar-refractivity contribution in [3.8, 4) is 0 Å². The third kappa shape index (κ3) is 15.4. The predicted octanol–water partition coefficient (Wildman–Crippen LogP) is 3.68. The summed E-state index contributed by atoms with van der Waals surface area (Å²) in [5.41, 5.74) is 15.1. The fourth-order valence-corrected chi connectivity index (χ4v) is 0.774. The van der Waals surface area contributed by atoms with Crippen LogP contribution in [0.3, 0.4) is 0 Å². The van der Waals surface area contributed by atoms with Gasteiger partial charge in [-0.1, -0.05) is 12.1 Å². The van der Waals surface area contributed by atoms with Crippen molar-refractivity contribution in [2.24, 2.45) is 8.26 Å². The Morgan fingerprint density at radius 3 is 1.21 bits per heavy atom. The number of rotatable bonds is 2. The standard InChI is InChI=1S/2C5H5N.Cu.2N3/c2*1-2-4-6-5-3-1;;2*1-3-2/h2*1-5H;;;/q;;+2;2*-1. The van der Waals surface area contributed by atoms with Gasteiger partial charge in [0, 0.05) is 24.8 Å². The number of nitrogens with zero attached hydrogens (tertiary/aromatic N) is 8. The molecule has 101 valence electrons. The first-order chi connectivity index (χ1) is 9.41. The molecule has 0 fully saturated rings. The Morgan fingerprint density at radius 1 is 0.684 bits per heavy atom. The zero-order valence-corrected chi connectivity index (χ0v) is 10.6. The van der Waals surface area contributed by atoms with Crippen molar-refractivity contribution in [3.63, 3.8) is 0 Å². The van der Waals surface area contributed by atoms with E-state index in [2.05, 4.69) is 28.1 Å². The zero-order valence-electron chi connectivity index (χ0n) is 9.65. The van der Waals surface area contributed by atoms with Gasteiger partial charge in [-0.2, -0.15) is 0 Å². The van der Waals surface area contributed by atoms with E-state index in [1.807, 2.05) is 36.4 Å². The summed E-state index contributed by atoms with van der Waals surface area (Å²) in [4.78, 5) is 12.2. The van der Waals surface area contributed by atoms with Crippen molar-refractivity contribution in [1.29, 1.82) is 0 Å². The number of aromatic nitrogens is 2. The van der Waals surface area contributed by atoms with Gasteiger partial charge in [-0.3, -0.25) is 9.97 Å². The molecule has 2 aromatic rings. The zero-order chi connectivity index (χ0) is 14.0. The van der Waals surface area contributed by atoms with E-state index in [0.29, 0.717) is 15.4 Å². The number of azide groups is 1. The number of hydrogen-bond donors (Lipinski definition) is 0. The summed E-state index contributed by atoms with van der Waals surface area (Å²) in [5, 5.41) is 0. The number of pyridine rings is 2. The monoisotopic (exact) mass is 305 g/mol. The van der Waals surface area contributed by atoms with E-state index < -0.39 is 0 Å². The van der Waals surface area contributed by atoms with E-state index in [0.717, 1.165) is 0 Å². The van der Waals surface area contributed by atoms with Crippen LogP contribution in [0.25, 0.3) is 20.9 Å². The van der Waals surface area contributed by atoms with Crippen LogP contribution < -0.4 is 0 Å². The molecule has 9 heteroatoms. The number of hydrogen-bond acceptors (Lipinski definition) is 4. The van der Waals surface area contributed by atoms with Crippen LogP contribution in [0.15, 0.2) is 69.4 Å². The van der Waals surface area contributed by atoms with Crippen molar-refractivity contribution < 1.29 is 15.4 Å². The smallest absolute Gasteiger partial charge is 0.0267 e. The Bertz CT molecular complexity index is 393. The second-order valence-corrected chi connectivity index (χ2v) is 2.97. The molecule has 19 heavy (non-hydrogen) atoms. The van der Waals surface area contributed by atoms with Crippen LogP contribution in [0, 0.1) is 0 Å². The van der Waals surface area contributed by atoms with Crippen molar-refractivity contribution in [3.05, 3.63) is 82.1 Å². The molecule has 0 bridgehead atoms. The maximum Gasteiger partial charge on any atom is 0.0267 e. The Labute approximate surface area is 116 Å². The van der Waals surface area contributed by atoms with Crippen LogP contribution in [0.5, 0.6) is 0 Å². The second-order valence-electron chi connectivity index (χ2n) is 2.41. The first kappa shape index (κ1) is 16.4. The molecule has 0 saturated carbocycles. The molecule has 0 unspecified atom stereocenters. The maximum absolute atomic E-state index is 7.54. The molecule has 2 rings (SSSR count). The first-order valence-corrected chi connectivity index (χ1v) is 5.61. The quantitative estimate of drug-likeness (QED) is 0.363. The summed E-state index contributed by atoms with van der Waals surface area (Å²) < 4.78 is 5.66. The van der Waals surface area contributed by atoms with Crippen molar-refractivity contribution in [2.45, 2.75) is 0 Å². The molecule has 2 aromatic heterocycles. The van der Waals surface area contributed by atoms with Gasteiger partial charge >= 0.3 is 44.5 Å². The van der Waals surface area contributed by atoms with E-state index in [-0.39, 0.29) is 0 Å². The Balaban J connectivity index is 0.000000256. The third-order valence-electron chi connectivity index (χ3n) is 1.24. The molecule has 0 aliphatic rings. The SMILES string of the molecule is [N-]=[N+]=[N][Cu][N]=[N+]=[N-].c1ccncc1.c1ccncc1. The Kier molecular flexibility index (Phi) is 13.4. The Morgan fingerprint density at radius 2 is 1.05 bits per heavy atom. The van der Waals surface area contributed by atoms with Gasteiger partial charge in [0.25, 0.3) is 0 Å². The van der Waals surface area contributed by atoms with Gasteiger partial charge in [0.15, 0.2) is 0 Å². The van der Waals surface area contributed by atoms with Gasteiger partial charge < -0.3 is 0 Å². The normalized spacial score (nSPS) is 7.37. The summed E-state index contributed by atoms with van der Waals surface area (Å²) in [7, 11) is 0. The minimum atomic E-state index is 0.547. The fraction of sp³-hybridized carbons (Fsp3) is 0. The van der Waals surface area contributed by atoms with Crippen molar-refractivity contribution in [2.75, 3.05) is 0 Å². The maximum atomic E-state index is 7.54. The van der Waals surface area contributed by atoms with Crippen LogP contribution in [-0.2, 0) is 15.4 Å². The van der Waals surface area contributed by atoms with Gasteiger partial charge in [-0.15, -0.1) is 0 Å². The van der Waals surface area contributed by atoms with E-state index in [1.54, 1.807) is 24.8 Å². The van der Waals surface area contributed by atoms with Gasteiger partial charge in [0.1, 0.15) is 0 Å². The van der Waals surface area contributed by atoms with E-state index in [4.69, 9.17) is 11.1 Å². The Hall–Kier alpha value is -2.56. The van der Waals surface area contributed by atoms with Crippen LogP contribution in [0.4, 0.5) is 0 Å². The van der Waals surface area contributed by atoms with Crippen LogP contribution >= 0.6 is 0 Å². The molecule has 0 atom stereocenters. The first-order valence-electron chi connectivity index (χ1n) is 4.77. The molecular formula is C10H10CuN8. The molecule has 0 saturated heterocycles. The van der Waals surface area contributed by atoms with Gasteiger partial charge in [0.05, 0.1) is 0 Å².